The number of hydrogen-bond donors (Lipinski definition) is 1. The van der Waals surface area contributed by atoms with Crippen molar-refractivity contribution in [2.45, 2.75) is 59.2 Å². The fourth-order valence-corrected chi connectivity index (χ4v) is 4.75. The molecule has 2 heterocycles. The van der Waals surface area contributed by atoms with Crippen LogP contribution in [0.4, 0.5) is 0 Å². The normalized spacial score (nSPS) is 17.6. The number of amidine groups is 1. The van der Waals surface area contributed by atoms with E-state index in [1.54, 1.807) is 27.2 Å². The van der Waals surface area contributed by atoms with Crippen molar-refractivity contribution < 1.29 is 23.8 Å². The third-order valence-electron chi connectivity index (χ3n) is 5.09. The van der Waals surface area contributed by atoms with E-state index in [1.807, 2.05) is 50.1 Å². The molecule has 0 saturated heterocycles. The first kappa shape index (κ1) is 24.7. The van der Waals surface area contributed by atoms with Crippen LogP contribution in [0.2, 0.25) is 0 Å². The number of benzene rings is 1. The molecule has 0 aliphatic carbocycles. The summed E-state index contributed by atoms with van der Waals surface area (Å²) in [7, 11) is 3.16. The Balaban J connectivity index is 2.12. The van der Waals surface area contributed by atoms with Gasteiger partial charge in [-0.25, -0.2) is 9.79 Å². The van der Waals surface area contributed by atoms with E-state index in [0.717, 1.165) is 11.3 Å². The van der Waals surface area contributed by atoms with Gasteiger partial charge in [-0.15, -0.1) is 0 Å². The number of rotatable bonds is 8. The van der Waals surface area contributed by atoms with Gasteiger partial charge in [-0.2, -0.15) is 0 Å². The van der Waals surface area contributed by atoms with E-state index < -0.39 is 12.0 Å². The zero-order valence-electron chi connectivity index (χ0n) is 20.1. The summed E-state index contributed by atoms with van der Waals surface area (Å²) < 4.78 is 16.6. The molecule has 0 aromatic heterocycles. The number of esters is 1. The van der Waals surface area contributed by atoms with Crippen molar-refractivity contribution in [3.8, 4) is 11.5 Å². The Morgan fingerprint density at radius 1 is 1.18 bits per heavy atom. The number of fused-ring (bicyclic) bond motifs is 1. The summed E-state index contributed by atoms with van der Waals surface area (Å²) in [6.45, 7) is 9.25. The molecule has 0 saturated carbocycles. The number of aliphatic imine (C=N–C) groups is 1. The molecule has 0 fully saturated rings. The summed E-state index contributed by atoms with van der Waals surface area (Å²) in [5, 5.41) is 5.53. The molecule has 2 aliphatic rings. The maximum Gasteiger partial charge on any atom is 0.338 e. The number of nitrogens with zero attached hydrogens (tertiary/aromatic N) is 2. The third kappa shape index (κ3) is 5.35. The van der Waals surface area contributed by atoms with Crippen LogP contribution < -0.4 is 14.8 Å². The van der Waals surface area contributed by atoms with Gasteiger partial charge in [0.2, 0.25) is 5.91 Å². The molecular weight excluding hydrogens is 442 g/mol. The lowest BCUT2D eigenvalue weighted by Gasteiger charge is -2.37. The molecular formula is C24H31N3O5S. The number of methoxy groups -OCH3 is 2. The van der Waals surface area contributed by atoms with Gasteiger partial charge in [0.15, 0.2) is 5.17 Å². The van der Waals surface area contributed by atoms with Crippen molar-refractivity contribution in [3.63, 3.8) is 0 Å². The molecule has 3 rings (SSSR count). The SMILES string of the molecule is COc1ccc([C@@H]2C(C(=O)OC(C)C)=C(C)N=C3SC=C(CC(=O)NC(C)C)N32)c(OC)c1. The predicted octanol–water partition coefficient (Wildman–Crippen LogP) is 4.15. The van der Waals surface area contributed by atoms with Gasteiger partial charge in [0.1, 0.15) is 11.5 Å². The number of nitrogens with one attached hydrogen (secondary N) is 1. The number of thioether (sulfide) groups is 1. The van der Waals surface area contributed by atoms with Crippen LogP contribution in [-0.4, -0.2) is 48.3 Å². The molecule has 1 aromatic carbocycles. The fourth-order valence-electron chi connectivity index (χ4n) is 3.78. The van der Waals surface area contributed by atoms with Crippen molar-refractivity contribution in [1.82, 2.24) is 10.2 Å². The Labute approximate surface area is 199 Å². The Kier molecular flexibility index (Phi) is 7.73. The average molecular weight is 474 g/mol. The predicted molar refractivity (Wildman–Crippen MR) is 129 cm³/mol. The summed E-state index contributed by atoms with van der Waals surface area (Å²) >= 11 is 1.43. The molecule has 1 aromatic rings. The first-order valence-electron chi connectivity index (χ1n) is 10.8. The van der Waals surface area contributed by atoms with E-state index in [0.29, 0.717) is 27.9 Å². The minimum absolute atomic E-state index is 0.0258. The Morgan fingerprint density at radius 2 is 1.91 bits per heavy atom. The highest BCUT2D eigenvalue weighted by atomic mass is 32.2. The second kappa shape index (κ2) is 10.3. The lowest BCUT2D eigenvalue weighted by atomic mass is 9.93. The van der Waals surface area contributed by atoms with E-state index in [-0.39, 0.29) is 24.5 Å². The molecule has 0 unspecified atom stereocenters. The first-order chi connectivity index (χ1) is 15.7. The molecule has 1 amide bonds. The van der Waals surface area contributed by atoms with Crippen LogP contribution in [0.25, 0.3) is 0 Å². The van der Waals surface area contributed by atoms with Gasteiger partial charge >= 0.3 is 5.97 Å². The lowest BCUT2D eigenvalue weighted by molar-refractivity contribution is -0.143. The number of allylic oxidation sites excluding steroid dienone is 1. The number of carbonyl (C=O) groups is 2. The summed E-state index contributed by atoms with van der Waals surface area (Å²) in [5.74, 6) is 0.647. The van der Waals surface area contributed by atoms with Crippen molar-refractivity contribution in [1.29, 1.82) is 0 Å². The summed E-state index contributed by atoms with van der Waals surface area (Å²) in [5.41, 5.74) is 2.48. The smallest absolute Gasteiger partial charge is 0.338 e. The molecule has 0 radical (unpaired) electrons. The van der Waals surface area contributed by atoms with E-state index in [4.69, 9.17) is 14.2 Å². The maximum atomic E-state index is 13.2. The van der Waals surface area contributed by atoms with Gasteiger partial charge in [-0.1, -0.05) is 11.8 Å². The van der Waals surface area contributed by atoms with Crippen molar-refractivity contribution >= 4 is 28.8 Å². The monoisotopic (exact) mass is 473 g/mol. The minimum atomic E-state index is -0.572. The first-order valence-corrected chi connectivity index (χ1v) is 11.7. The molecule has 0 bridgehead atoms. The standard InChI is InChI=1S/C24H31N3O5S/c1-13(2)25-20(28)10-16-12-33-24-26-15(5)21(23(29)32-14(3)4)22(27(16)24)18-9-8-17(30-6)11-19(18)31-7/h8-9,11-14,22H,10H2,1-7H3,(H,25,28)/t22-/m1/s1. The Hall–Kier alpha value is -2.94. The Bertz CT molecular complexity index is 1030. The van der Waals surface area contributed by atoms with E-state index >= 15 is 0 Å². The maximum absolute atomic E-state index is 13.2. The molecule has 33 heavy (non-hydrogen) atoms. The van der Waals surface area contributed by atoms with E-state index in [2.05, 4.69) is 10.3 Å². The highest BCUT2D eigenvalue weighted by molar-refractivity contribution is 8.16. The van der Waals surface area contributed by atoms with Crippen LogP contribution in [0.5, 0.6) is 11.5 Å². The fraction of sp³-hybridized carbons (Fsp3) is 0.458. The zero-order chi connectivity index (χ0) is 24.3. The van der Waals surface area contributed by atoms with E-state index in [9.17, 15) is 9.59 Å². The number of amides is 1. The lowest BCUT2D eigenvalue weighted by Crippen LogP contribution is -2.39. The average Bonchev–Trinajstić information content (AvgIpc) is 3.12. The van der Waals surface area contributed by atoms with Crippen LogP contribution in [0.3, 0.4) is 0 Å². The summed E-state index contributed by atoms with van der Waals surface area (Å²) in [6, 6.07) is 4.92. The molecule has 8 nitrogen and oxygen atoms in total. The summed E-state index contributed by atoms with van der Waals surface area (Å²) in [4.78, 5) is 32.4. The molecule has 1 atom stereocenters. The van der Waals surface area contributed by atoms with Gasteiger partial charge in [0.25, 0.3) is 0 Å². The molecule has 178 valence electrons. The van der Waals surface area contributed by atoms with Gasteiger partial charge in [-0.3, -0.25) is 4.79 Å². The van der Waals surface area contributed by atoms with E-state index in [1.165, 1.54) is 11.8 Å². The highest BCUT2D eigenvalue weighted by Gasteiger charge is 2.42. The van der Waals surface area contributed by atoms with Crippen LogP contribution in [-0.2, 0) is 14.3 Å². The third-order valence-corrected chi connectivity index (χ3v) is 5.98. The van der Waals surface area contributed by atoms with Crippen LogP contribution in [0, 0.1) is 0 Å². The van der Waals surface area contributed by atoms with Gasteiger partial charge in [0.05, 0.1) is 44.1 Å². The summed E-state index contributed by atoms with van der Waals surface area (Å²) in [6.07, 6.45) is -0.133. The minimum Gasteiger partial charge on any atom is -0.497 e. The Morgan fingerprint density at radius 3 is 2.52 bits per heavy atom. The number of hydrogen-bond acceptors (Lipinski definition) is 8. The zero-order valence-corrected chi connectivity index (χ0v) is 20.9. The van der Waals surface area contributed by atoms with Crippen molar-refractivity contribution in [2.24, 2.45) is 4.99 Å². The van der Waals surface area contributed by atoms with Gasteiger partial charge in [-0.05, 0) is 52.2 Å². The van der Waals surface area contributed by atoms with Crippen molar-refractivity contribution in [2.75, 3.05) is 14.2 Å². The topological polar surface area (TPSA) is 89.5 Å². The van der Waals surface area contributed by atoms with Crippen LogP contribution in [0.1, 0.15) is 52.6 Å². The second-order valence-corrected chi connectivity index (χ2v) is 9.19. The molecule has 0 spiro atoms. The van der Waals surface area contributed by atoms with Crippen molar-refractivity contribution in [3.05, 3.63) is 46.1 Å². The largest absolute Gasteiger partial charge is 0.497 e. The molecule has 9 heteroatoms. The molecule has 1 N–H and O–H groups in total. The van der Waals surface area contributed by atoms with Gasteiger partial charge < -0.3 is 24.4 Å². The number of ether oxygens (including phenoxy) is 3. The molecule has 2 aliphatic heterocycles. The second-order valence-electron chi connectivity index (χ2n) is 8.35. The number of carbonyl (C=O) groups excluding carboxylic acids is 2. The van der Waals surface area contributed by atoms with Gasteiger partial charge in [0, 0.05) is 23.4 Å². The quantitative estimate of drug-likeness (QED) is 0.568. The van der Waals surface area contributed by atoms with Crippen LogP contribution >= 0.6 is 11.8 Å². The highest BCUT2D eigenvalue weighted by Crippen LogP contribution is 2.47. The van der Waals surface area contributed by atoms with Crippen LogP contribution in [0.15, 0.2) is 45.6 Å².